The molecule has 0 heterocycles. The molecular formula is C14H20N2O. The largest absolute Gasteiger partial charge is 0.355 e. The van der Waals surface area contributed by atoms with Gasteiger partial charge >= 0.3 is 0 Å². The highest BCUT2D eigenvalue weighted by atomic mass is 16.1. The van der Waals surface area contributed by atoms with E-state index in [2.05, 4.69) is 36.3 Å². The fraction of sp³-hybridized carbons (Fsp3) is 0.357. The van der Waals surface area contributed by atoms with E-state index in [0.29, 0.717) is 19.6 Å². The van der Waals surface area contributed by atoms with E-state index in [1.54, 1.807) is 6.08 Å². The molecule has 17 heavy (non-hydrogen) atoms. The zero-order valence-corrected chi connectivity index (χ0v) is 10.3. The lowest BCUT2D eigenvalue weighted by Crippen LogP contribution is -2.35. The first kappa shape index (κ1) is 13.5. The van der Waals surface area contributed by atoms with Crippen molar-refractivity contribution in [3.05, 3.63) is 48.0 Å². The summed E-state index contributed by atoms with van der Waals surface area (Å²) in [7, 11) is 0. The predicted octanol–water partition coefficient (Wildman–Crippen LogP) is 1.43. The van der Waals surface area contributed by atoms with Gasteiger partial charge in [0, 0.05) is 13.1 Å². The van der Waals surface area contributed by atoms with Gasteiger partial charge in [0.25, 0.3) is 0 Å². The van der Waals surface area contributed by atoms with Gasteiger partial charge in [-0.25, -0.2) is 0 Å². The predicted molar refractivity (Wildman–Crippen MR) is 71.0 cm³/mol. The Hall–Kier alpha value is -1.61. The molecule has 92 valence electrons. The third kappa shape index (κ3) is 5.31. The number of nitrogens with one attached hydrogen (secondary N) is 2. The number of aryl methyl sites for hydroxylation is 1. The Kier molecular flexibility index (Phi) is 6.04. The molecule has 0 spiro atoms. The van der Waals surface area contributed by atoms with E-state index in [4.69, 9.17) is 0 Å². The van der Waals surface area contributed by atoms with Gasteiger partial charge in [-0.1, -0.05) is 30.3 Å². The molecule has 0 aromatic heterocycles. The van der Waals surface area contributed by atoms with E-state index in [0.717, 1.165) is 6.42 Å². The normalized spacial score (nSPS) is 9.94. The first-order chi connectivity index (χ1) is 8.24. The van der Waals surface area contributed by atoms with Crippen LogP contribution < -0.4 is 10.6 Å². The molecule has 1 aromatic carbocycles. The second-order valence-corrected chi connectivity index (χ2v) is 3.95. The molecule has 0 bridgehead atoms. The van der Waals surface area contributed by atoms with E-state index in [9.17, 15) is 4.79 Å². The summed E-state index contributed by atoms with van der Waals surface area (Å²) in [5.41, 5.74) is 2.55. The van der Waals surface area contributed by atoms with Crippen LogP contribution in [0.25, 0.3) is 0 Å². The Bertz CT molecular complexity index is 374. The van der Waals surface area contributed by atoms with Crippen LogP contribution in [-0.2, 0) is 11.2 Å². The maximum absolute atomic E-state index is 11.4. The molecule has 0 aliphatic heterocycles. The fourth-order valence-electron chi connectivity index (χ4n) is 1.58. The Labute approximate surface area is 103 Å². The highest BCUT2D eigenvalue weighted by Crippen LogP contribution is 2.06. The lowest BCUT2D eigenvalue weighted by Gasteiger charge is -2.07. The van der Waals surface area contributed by atoms with Crippen molar-refractivity contribution in [2.24, 2.45) is 0 Å². The highest BCUT2D eigenvalue weighted by Gasteiger charge is 2.00. The van der Waals surface area contributed by atoms with Gasteiger partial charge in [0.1, 0.15) is 0 Å². The Morgan fingerprint density at radius 1 is 1.41 bits per heavy atom. The summed E-state index contributed by atoms with van der Waals surface area (Å²) in [5.74, 6) is 0.0282. The van der Waals surface area contributed by atoms with Crippen LogP contribution in [0, 0.1) is 6.92 Å². The summed E-state index contributed by atoms with van der Waals surface area (Å²) >= 11 is 0. The van der Waals surface area contributed by atoms with Gasteiger partial charge in [-0.3, -0.25) is 4.79 Å². The smallest absolute Gasteiger partial charge is 0.233 e. The molecule has 0 saturated carbocycles. The summed E-state index contributed by atoms with van der Waals surface area (Å²) in [5, 5.41) is 5.85. The quantitative estimate of drug-likeness (QED) is 0.551. The molecule has 1 aromatic rings. The molecule has 0 unspecified atom stereocenters. The van der Waals surface area contributed by atoms with Gasteiger partial charge in [0.2, 0.25) is 5.91 Å². The molecule has 0 atom stereocenters. The van der Waals surface area contributed by atoms with Crippen LogP contribution in [0.4, 0.5) is 0 Å². The molecule has 0 fully saturated rings. The van der Waals surface area contributed by atoms with Crippen molar-refractivity contribution in [3.63, 3.8) is 0 Å². The van der Waals surface area contributed by atoms with Crippen molar-refractivity contribution in [2.45, 2.75) is 13.3 Å². The average Bonchev–Trinajstić information content (AvgIpc) is 2.32. The molecular weight excluding hydrogens is 212 g/mol. The van der Waals surface area contributed by atoms with E-state index >= 15 is 0 Å². The minimum Gasteiger partial charge on any atom is -0.355 e. The Balaban J connectivity index is 2.21. The third-order valence-electron chi connectivity index (χ3n) is 2.55. The standard InChI is InChI=1S/C14H20N2O/c1-3-9-15-11-14(17)16-10-8-13-7-5-4-6-12(13)2/h3-7,15H,1,8-11H2,2H3,(H,16,17). The number of carbonyl (C=O) groups excluding carboxylic acids is 1. The first-order valence-corrected chi connectivity index (χ1v) is 5.87. The lowest BCUT2D eigenvalue weighted by atomic mass is 10.1. The van der Waals surface area contributed by atoms with Crippen LogP contribution in [-0.4, -0.2) is 25.5 Å². The molecule has 1 amide bonds. The minimum atomic E-state index is 0.0282. The maximum Gasteiger partial charge on any atom is 0.233 e. The molecule has 0 aliphatic carbocycles. The van der Waals surface area contributed by atoms with Crippen molar-refractivity contribution < 1.29 is 4.79 Å². The number of rotatable bonds is 7. The average molecular weight is 232 g/mol. The number of benzene rings is 1. The Morgan fingerprint density at radius 3 is 2.88 bits per heavy atom. The third-order valence-corrected chi connectivity index (χ3v) is 2.55. The van der Waals surface area contributed by atoms with Crippen LogP contribution in [0.3, 0.4) is 0 Å². The number of hydrogen-bond acceptors (Lipinski definition) is 2. The number of carbonyl (C=O) groups is 1. The van der Waals surface area contributed by atoms with Crippen LogP contribution in [0.5, 0.6) is 0 Å². The minimum absolute atomic E-state index is 0.0282. The zero-order valence-electron chi connectivity index (χ0n) is 10.3. The van der Waals surface area contributed by atoms with Crippen molar-refractivity contribution in [1.29, 1.82) is 0 Å². The fourth-order valence-corrected chi connectivity index (χ4v) is 1.58. The molecule has 0 aliphatic rings. The van der Waals surface area contributed by atoms with Gasteiger partial charge in [-0.05, 0) is 24.5 Å². The molecule has 3 heteroatoms. The summed E-state index contributed by atoms with van der Waals surface area (Å²) in [6.07, 6.45) is 2.61. The molecule has 3 nitrogen and oxygen atoms in total. The van der Waals surface area contributed by atoms with Gasteiger partial charge in [0.15, 0.2) is 0 Å². The lowest BCUT2D eigenvalue weighted by molar-refractivity contribution is -0.120. The maximum atomic E-state index is 11.4. The zero-order chi connectivity index (χ0) is 12.5. The van der Waals surface area contributed by atoms with Gasteiger partial charge < -0.3 is 10.6 Å². The van der Waals surface area contributed by atoms with Gasteiger partial charge in [-0.2, -0.15) is 0 Å². The van der Waals surface area contributed by atoms with Gasteiger partial charge in [0.05, 0.1) is 6.54 Å². The van der Waals surface area contributed by atoms with Crippen LogP contribution in [0.15, 0.2) is 36.9 Å². The molecule has 0 saturated heterocycles. The summed E-state index contributed by atoms with van der Waals surface area (Å²) in [6, 6.07) is 8.23. The SMILES string of the molecule is C=CCNCC(=O)NCCc1ccccc1C. The van der Waals surface area contributed by atoms with Crippen LogP contribution >= 0.6 is 0 Å². The van der Waals surface area contributed by atoms with E-state index in [-0.39, 0.29) is 5.91 Å². The van der Waals surface area contributed by atoms with E-state index in [1.807, 2.05) is 12.1 Å². The monoisotopic (exact) mass is 232 g/mol. The van der Waals surface area contributed by atoms with E-state index in [1.165, 1.54) is 11.1 Å². The van der Waals surface area contributed by atoms with Crippen molar-refractivity contribution in [3.8, 4) is 0 Å². The van der Waals surface area contributed by atoms with E-state index < -0.39 is 0 Å². The molecule has 0 radical (unpaired) electrons. The van der Waals surface area contributed by atoms with Crippen molar-refractivity contribution >= 4 is 5.91 Å². The topological polar surface area (TPSA) is 41.1 Å². The van der Waals surface area contributed by atoms with Crippen molar-refractivity contribution in [2.75, 3.05) is 19.6 Å². The summed E-state index contributed by atoms with van der Waals surface area (Å²) in [6.45, 7) is 7.35. The second kappa shape index (κ2) is 7.63. The number of amides is 1. The summed E-state index contributed by atoms with van der Waals surface area (Å²) in [4.78, 5) is 11.4. The molecule has 1 rings (SSSR count). The molecule has 2 N–H and O–H groups in total. The number of hydrogen-bond donors (Lipinski definition) is 2. The summed E-state index contributed by atoms with van der Waals surface area (Å²) < 4.78 is 0. The van der Waals surface area contributed by atoms with Gasteiger partial charge in [-0.15, -0.1) is 6.58 Å². The van der Waals surface area contributed by atoms with Crippen LogP contribution in [0.2, 0.25) is 0 Å². The Morgan fingerprint density at radius 2 is 2.18 bits per heavy atom. The van der Waals surface area contributed by atoms with Crippen LogP contribution in [0.1, 0.15) is 11.1 Å². The highest BCUT2D eigenvalue weighted by molar-refractivity contribution is 5.77. The first-order valence-electron chi connectivity index (χ1n) is 5.87. The second-order valence-electron chi connectivity index (χ2n) is 3.95. The van der Waals surface area contributed by atoms with Crippen molar-refractivity contribution in [1.82, 2.24) is 10.6 Å².